The molecule has 0 spiro atoms. The zero-order valence-electron chi connectivity index (χ0n) is 15.4. The van der Waals surface area contributed by atoms with Gasteiger partial charge >= 0.3 is 0 Å². The molecule has 2 amide bonds. The summed E-state index contributed by atoms with van der Waals surface area (Å²) in [7, 11) is 1.59. The lowest BCUT2D eigenvalue weighted by Gasteiger charge is -2.16. The number of carbonyl (C=O) groups excluding carboxylic acids is 2. The molecule has 1 aliphatic heterocycles. The molecule has 0 bridgehead atoms. The molecule has 0 radical (unpaired) electrons. The van der Waals surface area contributed by atoms with Crippen LogP contribution in [-0.4, -0.2) is 35.5 Å². The number of aliphatic imine (C=N–C) groups is 1. The van der Waals surface area contributed by atoms with Gasteiger partial charge in [-0.15, -0.1) is 0 Å². The number of nitrogens with zero attached hydrogens (tertiary/aromatic N) is 1. The number of methoxy groups -OCH3 is 1. The SMILES string of the molecule is COc1ccc(NC2=NC(C(N)=O)C(NC(=O)c3ccc(C)c(N)c3)S2)cc1. The van der Waals surface area contributed by atoms with Crippen LogP contribution in [0.5, 0.6) is 5.75 Å². The Morgan fingerprint density at radius 2 is 1.89 bits per heavy atom. The van der Waals surface area contributed by atoms with Crippen LogP contribution in [0.3, 0.4) is 0 Å². The molecule has 2 atom stereocenters. The molecule has 9 heteroatoms. The Hall–Kier alpha value is -3.20. The molecular formula is C19H21N5O3S. The van der Waals surface area contributed by atoms with Crippen molar-refractivity contribution in [3.63, 3.8) is 0 Å². The van der Waals surface area contributed by atoms with Crippen LogP contribution in [-0.2, 0) is 4.79 Å². The van der Waals surface area contributed by atoms with Crippen molar-refractivity contribution in [1.29, 1.82) is 0 Å². The molecule has 2 unspecified atom stereocenters. The molecular weight excluding hydrogens is 378 g/mol. The van der Waals surface area contributed by atoms with Crippen molar-refractivity contribution in [1.82, 2.24) is 5.32 Å². The van der Waals surface area contributed by atoms with E-state index in [0.717, 1.165) is 17.0 Å². The number of anilines is 2. The number of benzene rings is 2. The van der Waals surface area contributed by atoms with Crippen molar-refractivity contribution >= 4 is 40.1 Å². The number of nitrogen functional groups attached to an aromatic ring is 1. The van der Waals surface area contributed by atoms with Crippen LogP contribution in [0.15, 0.2) is 47.5 Å². The normalized spacial score (nSPS) is 18.3. The fraction of sp³-hybridized carbons (Fsp3) is 0.211. The molecule has 6 N–H and O–H groups in total. The van der Waals surface area contributed by atoms with E-state index in [9.17, 15) is 9.59 Å². The summed E-state index contributed by atoms with van der Waals surface area (Å²) in [4.78, 5) is 28.7. The van der Waals surface area contributed by atoms with Gasteiger partial charge in [-0.2, -0.15) is 0 Å². The predicted molar refractivity (Wildman–Crippen MR) is 111 cm³/mol. The quantitative estimate of drug-likeness (QED) is 0.566. The van der Waals surface area contributed by atoms with Crippen molar-refractivity contribution in [3.05, 3.63) is 53.6 Å². The molecule has 0 fully saturated rings. The van der Waals surface area contributed by atoms with Gasteiger partial charge in [-0.3, -0.25) is 9.59 Å². The molecule has 3 rings (SSSR count). The maximum Gasteiger partial charge on any atom is 0.252 e. The number of primary amides is 1. The Morgan fingerprint density at radius 3 is 2.50 bits per heavy atom. The number of carbonyl (C=O) groups is 2. The third kappa shape index (κ3) is 4.37. The third-order valence-corrected chi connectivity index (χ3v) is 5.29. The van der Waals surface area contributed by atoms with Gasteiger partial charge in [0.25, 0.3) is 5.91 Å². The van der Waals surface area contributed by atoms with Gasteiger partial charge in [0, 0.05) is 16.9 Å². The number of amidine groups is 1. The number of ether oxygens (including phenoxy) is 1. The monoisotopic (exact) mass is 399 g/mol. The van der Waals surface area contributed by atoms with Crippen LogP contribution in [0.25, 0.3) is 0 Å². The number of aryl methyl sites for hydroxylation is 1. The van der Waals surface area contributed by atoms with Crippen LogP contribution in [0.1, 0.15) is 15.9 Å². The third-order valence-electron chi connectivity index (χ3n) is 4.23. The van der Waals surface area contributed by atoms with E-state index in [0.29, 0.717) is 16.4 Å². The Morgan fingerprint density at radius 1 is 1.18 bits per heavy atom. The van der Waals surface area contributed by atoms with Gasteiger partial charge in [0.2, 0.25) is 5.91 Å². The number of nitrogens with two attached hydrogens (primary N) is 2. The second-order valence-electron chi connectivity index (χ2n) is 6.22. The Balaban J connectivity index is 1.70. The molecule has 28 heavy (non-hydrogen) atoms. The summed E-state index contributed by atoms with van der Waals surface area (Å²) < 4.78 is 5.13. The van der Waals surface area contributed by atoms with E-state index in [1.807, 2.05) is 19.1 Å². The van der Waals surface area contributed by atoms with E-state index in [1.165, 1.54) is 11.8 Å². The first-order valence-electron chi connectivity index (χ1n) is 8.49. The summed E-state index contributed by atoms with van der Waals surface area (Å²) in [5.74, 6) is -0.242. The molecule has 0 aliphatic carbocycles. The van der Waals surface area contributed by atoms with Crippen LogP contribution in [0, 0.1) is 6.92 Å². The van der Waals surface area contributed by atoms with Crippen molar-refractivity contribution in [3.8, 4) is 5.75 Å². The van der Waals surface area contributed by atoms with E-state index >= 15 is 0 Å². The smallest absolute Gasteiger partial charge is 0.252 e. The standard InChI is InChI=1S/C19H21N5O3S/c1-10-3-4-11(9-14(10)20)17(26)24-18-15(16(21)25)23-19(28-18)22-12-5-7-13(27-2)8-6-12/h3-9,15,18H,20H2,1-2H3,(H2,21,25)(H,22,23)(H,24,26). The highest BCUT2D eigenvalue weighted by Crippen LogP contribution is 2.27. The molecule has 1 heterocycles. The minimum Gasteiger partial charge on any atom is -0.497 e. The van der Waals surface area contributed by atoms with Crippen molar-refractivity contribution in [2.75, 3.05) is 18.2 Å². The summed E-state index contributed by atoms with van der Waals surface area (Å²) in [6.07, 6.45) is 0. The van der Waals surface area contributed by atoms with Gasteiger partial charge in [0.1, 0.15) is 11.1 Å². The molecule has 0 saturated heterocycles. The fourth-order valence-electron chi connectivity index (χ4n) is 2.58. The van der Waals surface area contributed by atoms with Gasteiger partial charge in [0.05, 0.1) is 7.11 Å². The zero-order valence-corrected chi connectivity index (χ0v) is 16.2. The largest absolute Gasteiger partial charge is 0.497 e. The summed E-state index contributed by atoms with van der Waals surface area (Å²) in [6.45, 7) is 1.86. The van der Waals surface area contributed by atoms with Crippen molar-refractivity contribution < 1.29 is 14.3 Å². The van der Waals surface area contributed by atoms with Gasteiger partial charge < -0.3 is 26.8 Å². The van der Waals surface area contributed by atoms with E-state index in [-0.39, 0.29) is 5.91 Å². The maximum absolute atomic E-state index is 12.6. The zero-order chi connectivity index (χ0) is 20.3. The summed E-state index contributed by atoms with van der Waals surface area (Å²) in [5.41, 5.74) is 13.9. The molecule has 1 aliphatic rings. The van der Waals surface area contributed by atoms with Gasteiger partial charge in [-0.05, 0) is 48.9 Å². The Labute approximate surface area is 166 Å². The van der Waals surface area contributed by atoms with Crippen LogP contribution in [0.2, 0.25) is 0 Å². The minimum atomic E-state index is -0.877. The van der Waals surface area contributed by atoms with Gasteiger partial charge in [-0.25, -0.2) is 4.99 Å². The molecule has 2 aromatic carbocycles. The topological polar surface area (TPSA) is 132 Å². The lowest BCUT2D eigenvalue weighted by Crippen LogP contribution is -2.44. The number of nitrogens with one attached hydrogen (secondary N) is 2. The Bertz CT molecular complexity index is 930. The predicted octanol–water partition coefficient (Wildman–Crippen LogP) is 1.71. The molecule has 0 aromatic heterocycles. The van der Waals surface area contributed by atoms with Gasteiger partial charge in [0.15, 0.2) is 11.2 Å². The van der Waals surface area contributed by atoms with E-state index < -0.39 is 17.3 Å². The molecule has 0 saturated carbocycles. The average Bonchev–Trinajstić information content (AvgIpc) is 3.07. The van der Waals surface area contributed by atoms with Crippen molar-refractivity contribution in [2.24, 2.45) is 10.7 Å². The highest BCUT2D eigenvalue weighted by atomic mass is 32.2. The van der Waals surface area contributed by atoms with Crippen LogP contribution >= 0.6 is 11.8 Å². The number of thioether (sulfide) groups is 1. The van der Waals surface area contributed by atoms with E-state index in [1.54, 1.807) is 37.4 Å². The summed E-state index contributed by atoms with van der Waals surface area (Å²) in [6, 6.07) is 11.4. The highest BCUT2D eigenvalue weighted by molar-refractivity contribution is 8.15. The lowest BCUT2D eigenvalue weighted by atomic mass is 10.1. The first-order valence-corrected chi connectivity index (χ1v) is 9.37. The van der Waals surface area contributed by atoms with Crippen LogP contribution in [0.4, 0.5) is 11.4 Å². The van der Waals surface area contributed by atoms with E-state index in [2.05, 4.69) is 15.6 Å². The summed E-state index contributed by atoms with van der Waals surface area (Å²) >= 11 is 1.23. The number of hydrogen-bond donors (Lipinski definition) is 4. The number of hydrogen-bond acceptors (Lipinski definition) is 7. The summed E-state index contributed by atoms with van der Waals surface area (Å²) in [5, 5.41) is 5.79. The number of amides is 2. The molecule has 8 nitrogen and oxygen atoms in total. The minimum absolute atomic E-state index is 0.351. The highest BCUT2D eigenvalue weighted by Gasteiger charge is 2.35. The first kappa shape index (κ1) is 19.6. The number of rotatable bonds is 5. The first-order chi connectivity index (χ1) is 13.4. The van der Waals surface area contributed by atoms with Crippen molar-refractivity contribution in [2.45, 2.75) is 18.3 Å². The van der Waals surface area contributed by atoms with Gasteiger partial charge in [-0.1, -0.05) is 17.8 Å². The molecule has 2 aromatic rings. The Kier molecular flexibility index (Phi) is 5.74. The van der Waals surface area contributed by atoms with Crippen LogP contribution < -0.4 is 26.8 Å². The second-order valence-corrected chi connectivity index (χ2v) is 7.35. The maximum atomic E-state index is 12.6. The second kappa shape index (κ2) is 8.22. The lowest BCUT2D eigenvalue weighted by molar-refractivity contribution is -0.119. The molecule has 146 valence electrons. The average molecular weight is 399 g/mol. The van der Waals surface area contributed by atoms with E-state index in [4.69, 9.17) is 16.2 Å². The fourth-order valence-corrected chi connectivity index (χ4v) is 3.67.